The van der Waals surface area contributed by atoms with E-state index in [-0.39, 0.29) is 31.5 Å². The molecule has 27 heavy (non-hydrogen) atoms. The van der Waals surface area contributed by atoms with Crippen LogP contribution in [0.3, 0.4) is 0 Å². The zero-order valence-corrected chi connectivity index (χ0v) is 17.0. The van der Waals surface area contributed by atoms with Gasteiger partial charge in [0, 0.05) is 6.54 Å². The van der Waals surface area contributed by atoms with Gasteiger partial charge in [0.15, 0.2) is 6.61 Å². The summed E-state index contributed by atoms with van der Waals surface area (Å²) in [4.78, 5) is 35.1. The van der Waals surface area contributed by atoms with Crippen LogP contribution >= 0.6 is 0 Å². The fraction of sp³-hybridized carbons (Fsp3) is 0.550. The number of rotatable bonds is 7. The lowest BCUT2D eigenvalue weighted by molar-refractivity contribution is -0.148. The third kappa shape index (κ3) is 9.08. The number of hydrogen-bond donors (Lipinski definition) is 2. The zero-order valence-electron chi connectivity index (χ0n) is 17.0. The van der Waals surface area contributed by atoms with Crippen LogP contribution in [0.5, 0.6) is 0 Å². The molecule has 2 amide bonds. The van der Waals surface area contributed by atoms with Gasteiger partial charge in [0.1, 0.15) is 5.60 Å². The fourth-order valence-corrected chi connectivity index (χ4v) is 2.20. The lowest BCUT2D eigenvalue weighted by atomic mass is 10.0. The second-order valence-corrected chi connectivity index (χ2v) is 7.47. The minimum absolute atomic E-state index is 0.0424. The van der Waals surface area contributed by atoms with Gasteiger partial charge in [-0.25, -0.2) is 4.79 Å². The number of hydrogen-bond acceptors (Lipinski definition) is 5. The van der Waals surface area contributed by atoms with Crippen molar-refractivity contribution in [3.8, 4) is 0 Å². The Kier molecular flexibility index (Phi) is 8.28. The first kappa shape index (κ1) is 22.5. The molecule has 0 spiro atoms. The Labute approximate surface area is 160 Å². The first-order valence-corrected chi connectivity index (χ1v) is 8.97. The molecule has 0 aliphatic carbocycles. The van der Waals surface area contributed by atoms with E-state index in [1.54, 1.807) is 20.8 Å². The maximum atomic E-state index is 11.9. The van der Waals surface area contributed by atoms with E-state index >= 15 is 0 Å². The summed E-state index contributed by atoms with van der Waals surface area (Å²) in [5.41, 5.74) is 2.72. The van der Waals surface area contributed by atoms with Crippen LogP contribution < -0.4 is 10.6 Å². The van der Waals surface area contributed by atoms with Gasteiger partial charge in [-0.1, -0.05) is 18.2 Å². The molecule has 0 aromatic heterocycles. The number of carbonyl (C=O) groups excluding carboxylic acids is 3. The SMILES string of the molecule is Cc1ccc([C@@H](C)NC(=O)COC(=O)CCNC(=O)OC(C)(C)C)cc1C. The molecular weight excluding hydrogens is 348 g/mol. The summed E-state index contributed by atoms with van der Waals surface area (Å²) in [6.07, 6.45) is -0.644. The van der Waals surface area contributed by atoms with Gasteiger partial charge in [-0.3, -0.25) is 9.59 Å². The summed E-state index contributed by atoms with van der Waals surface area (Å²) >= 11 is 0. The summed E-state index contributed by atoms with van der Waals surface area (Å²) in [6.45, 7) is 10.9. The van der Waals surface area contributed by atoms with E-state index < -0.39 is 17.7 Å². The largest absolute Gasteiger partial charge is 0.456 e. The average Bonchev–Trinajstić information content (AvgIpc) is 2.53. The van der Waals surface area contributed by atoms with Gasteiger partial charge in [-0.05, 0) is 58.2 Å². The number of benzene rings is 1. The van der Waals surface area contributed by atoms with Crippen LogP contribution in [0, 0.1) is 13.8 Å². The van der Waals surface area contributed by atoms with Crippen LogP contribution in [0.2, 0.25) is 0 Å². The van der Waals surface area contributed by atoms with Crippen molar-refractivity contribution in [2.24, 2.45) is 0 Å². The minimum Gasteiger partial charge on any atom is -0.456 e. The molecule has 0 saturated carbocycles. The Hall–Kier alpha value is -2.57. The van der Waals surface area contributed by atoms with Crippen LogP contribution in [-0.2, 0) is 19.1 Å². The Balaban J connectivity index is 2.30. The van der Waals surface area contributed by atoms with E-state index in [0.717, 1.165) is 11.1 Å². The van der Waals surface area contributed by atoms with E-state index in [1.165, 1.54) is 5.56 Å². The first-order valence-electron chi connectivity index (χ1n) is 8.97. The predicted octanol–water partition coefficient (Wildman–Crippen LogP) is 2.94. The van der Waals surface area contributed by atoms with Gasteiger partial charge < -0.3 is 20.1 Å². The van der Waals surface area contributed by atoms with Gasteiger partial charge in [0.2, 0.25) is 0 Å². The Bertz CT molecular complexity index is 679. The Morgan fingerprint density at radius 2 is 1.78 bits per heavy atom. The Morgan fingerprint density at radius 3 is 2.37 bits per heavy atom. The van der Waals surface area contributed by atoms with Crippen LogP contribution in [0.15, 0.2) is 18.2 Å². The molecule has 0 heterocycles. The highest BCUT2D eigenvalue weighted by atomic mass is 16.6. The molecule has 0 unspecified atom stereocenters. The highest BCUT2D eigenvalue weighted by molar-refractivity contribution is 5.81. The average molecular weight is 378 g/mol. The summed E-state index contributed by atoms with van der Waals surface area (Å²) in [6, 6.07) is 5.80. The molecule has 1 rings (SSSR count). The number of amides is 2. The van der Waals surface area contributed by atoms with Gasteiger partial charge in [-0.15, -0.1) is 0 Å². The van der Waals surface area contributed by atoms with E-state index in [1.807, 2.05) is 39.0 Å². The van der Waals surface area contributed by atoms with E-state index in [2.05, 4.69) is 10.6 Å². The number of nitrogens with one attached hydrogen (secondary N) is 2. The van der Waals surface area contributed by atoms with Gasteiger partial charge >= 0.3 is 12.1 Å². The van der Waals surface area contributed by atoms with Crippen LogP contribution in [0.1, 0.15) is 56.8 Å². The highest BCUT2D eigenvalue weighted by Crippen LogP contribution is 2.16. The summed E-state index contributed by atoms with van der Waals surface area (Å²) < 4.78 is 9.98. The maximum Gasteiger partial charge on any atom is 0.407 e. The third-order valence-corrected chi connectivity index (χ3v) is 3.77. The number of alkyl carbamates (subject to hydrolysis) is 1. The topological polar surface area (TPSA) is 93.7 Å². The lowest BCUT2D eigenvalue weighted by Gasteiger charge is -2.19. The standard InChI is InChI=1S/C20H30N2O5/c1-13-7-8-16(11-14(13)2)15(3)22-17(23)12-26-18(24)9-10-21-19(25)27-20(4,5)6/h7-8,11,15H,9-10,12H2,1-6H3,(H,21,25)(H,22,23)/t15-/m1/s1. The van der Waals surface area contributed by atoms with Crippen molar-refractivity contribution in [2.45, 2.75) is 59.6 Å². The van der Waals surface area contributed by atoms with Crippen molar-refractivity contribution in [1.29, 1.82) is 0 Å². The first-order chi connectivity index (χ1) is 12.5. The van der Waals surface area contributed by atoms with Crippen molar-refractivity contribution in [3.05, 3.63) is 34.9 Å². The highest BCUT2D eigenvalue weighted by Gasteiger charge is 2.16. The quantitative estimate of drug-likeness (QED) is 0.712. The molecule has 1 aromatic carbocycles. The van der Waals surface area contributed by atoms with Crippen LogP contribution in [-0.4, -0.2) is 36.7 Å². The van der Waals surface area contributed by atoms with Crippen molar-refractivity contribution in [3.63, 3.8) is 0 Å². The molecule has 2 N–H and O–H groups in total. The molecule has 150 valence electrons. The molecule has 0 fully saturated rings. The normalized spacial score (nSPS) is 12.1. The molecule has 1 aromatic rings. The van der Waals surface area contributed by atoms with Crippen molar-refractivity contribution in [1.82, 2.24) is 10.6 Å². The molecule has 7 nitrogen and oxygen atoms in total. The fourth-order valence-electron chi connectivity index (χ4n) is 2.20. The molecular formula is C20H30N2O5. The van der Waals surface area contributed by atoms with Crippen LogP contribution in [0.25, 0.3) is 0 Å². The molecule has 0 bridgehead atoms. The third-order valence-electron chi connectivity index (χ3n) is 3.77. The number of ether oxygens (including phenoxy) is 2. The van der Waals surface area contributed by atoms with Crippen molar-refractivity contribution < 1.29 is 23.9 Å². The van der Waals surface area contributed by atoms with Crippen LogP contribution in [0.4, 0.5) is 4.79 Å². The molecule has 0 radical (unpaired) electrons. The molecule has 1 atom stereocenters. The zero-order chi connectivity index (χ0) is 20.6. The molecule has 0 saturated heterocycles. The maximum absolute atomic E-state index is 11.9. The van der Waals surface area contributed by atoms with E-state index in [0.29, 0.717) is 0 Å². The number of esters is 1. The monoisotopic (exact) mass is 378 g/mol. The summed E-state index contributed by atoms with van der Waals surface area (Å²) in [5.74, 6) is -0.950. The smallest absolute Gasteiger partial charge is 0.407 e. The van der Waals surface area contributed by atoms with Gasteiger partial charge in [0.25, 0.3) is 5.91 Å². The summed E-state index contributed by atoms with van der Waals surface area (Å²) in [7, 11) is 0. The predicted molar refractivity (Wildman–Crippen MR) is 102 cm³/mol. The second kappa shape index (κ2) is 9.94. The van der Waals surface area contributed by atoms with Gasteiger partial charge in [-0.2, -0.15) is 0 Å². The van der Waals surface area contributed by atoms with Crippen molar-refractivity contribution >= 4 is 18.0 Å². The molecule has 0 aliphatic heterocycles. The van der Waals surface area contributed by atoms with E-state index in [4.69, 9.17) is 9.47 Å². The minimum atomic E-state index is -0.602. The Morgan fingerprint density at radius 1 is 1.11 bits per heavy atom. The number of aryl methyl sites for hydroxylation is 2. The second-order valence-electron chi connectivity index (χ2n) is 7.47. The molecule has 7 heteroatoms. The molecule has 0 aliphatic rings. The van der Waals surface area contributed by atoms with E-state index in [9.17, 15) is 14.4 Å². The summed E-state index contributed by atoms with van der Waals surface area (Å²) in [5, 5.41) is 5.25. The lowest BCUT2D eigenvalue weighted by Crippen LogP contribution is -2.34. The van der Waals surface area contributed by atoms with Gasteiger partial charge in [0.05, 0.1) is 12.5 Å². The number of carbonyl (C=O) groups is 3. The van der Waals surface area contributed by atoms with Crippen molar-refractivity contribution in [2.75, 3.05) is 13.2 Å².